The molecule has 0 aromatic heterocycles. The fourth-order valence-electron chi connectivity index (χ4n) is 4.72. The number of rotatable bonds is 6. The van der Waals surface area contributed by atoms with Crippen LogP contribution in [-0.4, -0.2) is 36.3 Å². The number of carbonyl (C=O) groups excluding carboxylic acids is 2. The molecule has 30 heavy (non-hydrogen) atoms. The molecule has 2 atom stereocenters. The second-order valence-electron chi connectivity index (χ2n) is 9.02. The maximum Gasteiger partial charge on any atom is 0.226 e. The van der Waals surface area contributed by atoms with Crippen LogP contribution in [0, 0.1) is 17.3 Å². The molecule has 1 aliphatic carbocycles. The van der Waals surface area contributed by atoms with E-state index in [9.17, 15) is 9.59 Å². The predicted octanol–water partition coefficient (Wildman–Crippen LogP) is 4.30. The Morgan fingerprint density at radius 2 is 1.60 bits per heavy atom. The van der Waals surface area contributed by atoms with E-state index in [0.29, 0.717) is 31.5 Å². The first-order valence-corrected chi connectivity index (χ1v) is 11.2. The average molecular weight is 405 g/mol. The normalized spacial score (nSPS) is 22.4. The predicted molar refractivity (Wildman–Crippen MR) is 120 cm³/mol. The summed E-state index contributed by atoms with van der Waals surface area (Å²) >= 11 is 0. The number of likely N-dealkylation sites (tertiary alicyclic amines) is 1. The zero-order valence-corrected chi connectivity index (χ0v) is 18.1. The van der Waals surface area contributed by atoms with Crippen molar-refractivity contribution in [2.45, 2.75) is 39.5 Å². The second kappa shape index (κ2) is 8.63. The number of hydrogen-bond acceptors (Lipinski definition) is 2. The summed E-state index contributed by atoms with van der Waals surface area (Å²) in [6, 6.07) is 18.9. The van der Waals surface area contributed by atoms with Crippen molar-refractivity contribution in [3.05, 3.63) is 60.2 Å². The van der Waals surface area contributed by atoms with Crippen LogP contribution in [0.2, 0.25) is 0 Å². The fraction of sp³-hybridized carbons (Fsp3) is 0.462. The molecular formula is C26H32N2O2. The Morgan fingerprint density at radius 3 is 2.17 bits per heavy atom. The zero-order chi connectivity index (χ0) is 21.1. The van der Waals surface area contributed by atoms with Crippen molar-refractivity contribution in [2.75, 3.05) is 19.6 Å². The Kier molecular flexibility index (Phi) is 5.94. The van der Waals surface area contributed by atoms with Gasteiger partial charge < -0.3 is 10.2 Å². The molecule has 4 heteroatoms. The van der Waals surface area contributed by atoms with Gasteiger partial charge in [0.05, 0.1) is 5.41 Å². The summed E-state index contributed by atoms with van der Waals surface area (Å²) in [5.74, 6) is 1.16. The summed E-state index contributed by atoms with van der Waals surface area (Å²) in [6.07, 6.45) is 3.19. The minimum absolute atomic E-state index is 0.129. The highest BCUT2D eigenvalue weighted by atomic mass is 16.2. The highest BCUT2D eigenvalue weighted by Crippen LogP contribution is 2.42. The summed E-state index contributed by atoms with van der Waals surface area (Å²) in [4.78, 5) is 27.7. The lowest BCUT2D eigenvalue weighted by molar-refractivity contribution is -0.141. The minimum Gasteiger partial charge on any atom is -0.356 e. The SMILES string of the molecule is CCNC(=O)C1(Cc2ccc(-c3ccccc3)cc2)CCN(C(=O)[C@H]2C[C@H]2C)CC1. The molecule has 0 spiro atoms. The van der Waals surface area contributed by atoms with Crippen molar-refractivity contribution in [2.24, 2.45) is 17.3 Å². The van der Waals surface area contributed by atoms with Crippen LogP contribution in [0.15, 0.2) is 54.6 Å². The molecule has 4 rings (SSSR count). The molecule has 4 nitrogen and oxygen atoms in total. The van der Waals surface area contributed by atoms with Crippen LogP contribution >= 0.6 is 0 Å². The van der Waals surface area contributed by atoms with E-state index in [0.717, 1.165) is 25.7 Å². The molecule has 1 saturated carbocycles. The van der Waals surface area contributed by atoms with Gasteiger partial charge >= 0.3 is 0 Å². The summed E-state index contributed by atoms with van der Waals surface area (Å²) in [5, 5.41) is 3.06. The molecular weight excluding hydrogens is 372 g/mol. The van der Waals surface area contributed by atoms with Gasteiger partial charge in [-0.2, -0.15) is 0 Å². The van der Waals surface area contributed by atoms with Crippen molar-refractivity contribution < 1.29 is 9.59 Å². The Hall–Kier alpha value is -2.62. The topological polar surface area (TPSA) is 49.4 Å². The lowest BCUT2D eigenvalue weighted by atomic mass is 9.72. The summed E-state index contributed by atoms with van der Waals surface area (Å²) < 4.78 is 0. The molecule has 2 aliphatic rings. The van der Waals surface area contributed by atoms with Crippen LogP contribution in [0.25, 0.3) is 11.1 Å². The molecule has 0 radical (unpaired) electrons. The van der Waals surface area contributed by atoms with Gasteiger partial charge in [0.2, 0.25) is 11.8 Å². The van der Waals surface area contributed by atoms with Gasteiger partial charge in [-0.1, -0.05) is 61.5 Å². The Morgan fingerprint density at radius 1 is 1.00 bits per heavy atom. The van der Waals surface area contributed by atoms with Crippen molar-refractivity contribution in [3.8, 4) is 11.1 Å². The molecule has 0 unspecified atom stereocenters. The minimum atomic E-state index is -0.434. The van der Waals surface area contributed by atoms with Crippen LogP contribution in [0.5, 0.6) is 0 Å². The van der Waals surface area contributed by atoms with Crippen molar-refractivity contribution in [3.63, 3.8) is 0 Å². The standard InChI is InChI=1S/C26H32N2O2/c1-3-27-25(30)26(13-15-28(16-14-26)24(29)23-17-19(23)2)18-20-9-11-22(12-10-20)21-7-5-4-6-8-21/h4-12,19,23H,3,13-18H2,1-2H3,(H,27,30)/t19-,23+/m1/s1. The van der Waals surface area contributed by atoms with Gasteiger partial charge in [-0.15, -0.1) is 0 Å². The lowest BCUT2D eigenvalue weighted by Gasteiger charge is -2.41. The number of amides is 2. The number of benzene rings is 2. The van der Waals surface area contributed by atoms with Crippen LogP contribution in [0.1, 0.15) is 38.7 Å². The van der Waals surface area contributed by atoms with E-state index in [-0.39, 0.29) is 11.8 Å². The number of carbonyl (C=O) groups is 2. The van der Waals surface area contributed by atoms with E-state index in [1.807, 2.05) is 30.0 Å². The monoisotopic (exact) mass is 404 g/mol. The Balaban J connectivity index is 1.48. The zero-order valence-electron chi connectivity index (χ0n) is 18.1. The van der Waals surface area contributed by atoms with Gasteiger partial charge in [0.25, 0.3) is 0 Å². The quantitative estimate of drug-likeness (QED) is 0.780. The molecule has 1 saturated heterocycles. The maximum atomic E-state index is 13.1. The van der Waals surface area contributed by atoms with Crippen molar-refractivity contribution in [1.82, 2.24) is 10.2 Å². The highest BCUT2D eigenvalue weighted by molar-refractivity contribution is 5.85. The molecule has 1 aliphatic heterocycles. The molecule has 2 fully saturated rings. The molecule has 2 aromatic carbocycles. The van der Waals surface area contributed by atoms with Crippen LogP contribution in [0.4, 0.5) is 0 Å². The summed E-state index contributed by atoms with van der Waals surface area (Å²) in [7, 11) is 0. The molecule has 2 aromatic rings. The molecule has 158 valence electrons. The van der Waals surface area contributed by atoms with Gasteiger partial charge in [-0.05, 0) is 55.2 Å². The van der Waals surface area contributed by atoms with Gasteiger partial charge in [0.1, 0.15) is 0 Å². The second-order valence-corrected chi connectivity index (χ2v) is 9.02. The van der Waals surface area contributed by atoms with Gasteiger partial charge in [0.15, 0.2) is 0 Å². The third-order valence-corrected chi connectivity index (χ3v) is 6.88. The van der Waals surface area contributed by atoms with Crippen LogP contribution in [0.3, 0.4) is 0 Å². The number of piperidine rings is 1. The number of nitrogens with zero attached hydrogens (tertiary/aromatic N) is 1. The average Bonchev–Trinajstić information content (AvgIpc) is 3.51. The summed E-state index contributed by atoms with van der Waals surface area (Å²) in [5.41, 5.74) is 3.13. The van der Waals surface area contributed by atoms with E-state index in [1.165, 1.54) is 16.7 Å². The smallest absolute Gasteiger partial charge is 0.226 e. The first-order chi connectivity index (χ1) is 14.5. The number of hydrogen-bond donors (Lipinski definition) is 1. The third kappa shape index (κ3) is 4.28. The lowest BCUT2D eigenvalue weighted by Crippen LogP contribution is -2.51. The van der Waals surface area contributed by atoms with E-state index < -0.39 is 5.41 Å². The molecule has 1 N–H and O–H groups in total. The molecule has 0 bridgehead atoms. The Labute approximate surface area is 179 Å². The van der Waals surface area contributed by atoms with Gasteiger partial charge in [-0.3, -0.25) is 9.59 Å². The van der Waals surface area contributed by atoms with Gasteiger partial charge in [0, 0.05) is 25.6 Å². The summed E-state index contributed by atoms with van der Waals surface area (Å²) in [6.45, 7) is 6.11. The molecule has 2 amide bonds. The van der Waals surface area contributed by atoms with E-state index in [4.69, 9.17) is 0 Å². The van der Waals surface area contributed by atoms with E-state index >= 15 is 0 Å². The third-order valence-electron chi connectivity index (χ3n) is 6.88. The first-order valence-electron chi connectivity index (χ1n) is 11.2. The highest BCUT2D eigenvalue weighted by Gasteiger charge is 2.46. The van der Waals surface area contributed by atoms with Gasteiger partial charge in [-0.25, -0.2) is 0 Å². The molecule has 1 heterocycles. The number of nitrogens with one attached hydrogen (secondary N) is 1. The van der Waals surface area contributed by atoms with Crippen molar-refractivity contribution >= 4 is 11.8 Å². The maximum absolute atomic E-state index is 13.1. The van der Waals surface area contributed by atoms with Crippen LogP contribution < -0.4 is 5.32 Å². The van der Waals surface area contributed by atoms with E-state index in [1.54, 1.807) is 0 Å². The largest absolute Gasteiger partial charge is 0.356 e. The fourth-order valence-corrected chi connectivity index (χ4v) is 4.72. The Bertz CT molecular complexity index is 883. The van der Waals surface area contributed by atoms with Crippen LogP contribution in [-0.2, 0) is 16.0 Å². The first kappa shape index (κ1) is 20.6. The van der Waals surface area contributed by atoms with E-state index in [2.05, 4.69) is 48.6 Å². The van der Waals surface area contributed by atoms with Crippen molar-refractivity contribution in [1.29, 1.82) is 0 Å².